The molecular weight excluding hydrogens is 324 g/mol. The summed E-state index contributed by atoms with van der Waals surface area (Å²) < 4.78 is 1.04. The summed E-state index contributed by atoms with van der Waals surface area (Å²) >= 11 is 1.53. The van der Waals surface area contributed by atoms with Crippen molar-refractivity contribution in [3.8, 4) is 0 Å². The maximum Gasteiger partial charge on any atom is 0.307 e. The summed E-state index contributed by atoms with van der Waals surface area (Å²) in [5.41, 5.74) is 4.09. The number of thiazole rings is 1. The van der Waals surface area contributed by atoms with Crippen molar-refractivity contribution < 1.29 is 14.7 Å². The first kappa shape index (κ1) is 16.1. The zero-order valence-corrected chi connectivity index (χ0v) is 13.6. The Morgan fingerprint density at radius 1 is 1.17 bits per heavy atom. The number of carbonyl (C=O) groups is 2. The summed E-state index contributed by atoms with van der Waals surface area (Å²) in [6.07, 6.45) is 0.258. The van der Waals surface area contributed by atoms with Crippen LogP contribution in [0, 0.1) is 5.92 Å². The van der Waals surface area contributed by atoms with Crippen LogP contribution in [0.5, 0.6) is 0 Å². The third-order valence-corrected chi connectivity index (χ3v) is 4.53. The molecule has 122 valence electrons. The second kappa shape index (κ2) is 7.23. The number of anilines is 1. The average Bonchev–Trinajstić information content (AvgIpc) is 3.02. The predicted molar refractivity (Wildman–Crippen MR) is 94.1 cm³/mol. The van der Waals surface area contributed by atoms with Crippen molar-refractivity contribution in [3.63, 3.8) is 0 Å². The van der Waals surface area contributed by atoms with E-state index in [9.17, 15) is 14.7 Å². The molecule has 2 aromatic carbocycles. The first-order valence-electron chi connectivity index (χ1n) is 7.51. The Hall–Kier alpha value is -2.73. The summed E-state index contributed by atoms with van der Waals surface area (Å²) in [6.45, 7) is 0. The predicted octanol–water partition coefficient (Wildman–Crippen LogP) is 3.57. The zero-order chi connectivity index (χ0) is 16.9. The third-order valence-electron chi connectivity index (χ3n) is 3.72. The highest BCUT2D eigenvalue weighted by Gasteiger charge is 2.21. The molecule has 5 nitrogen and oxygen atoms in total. The van der Waals surface area contributed by atoms with Gasteiger partial charge in [-0.05, 0) is 30.2 Å². The molecule has 1 unspecified atom stereocenters. The van der Waals surface area contributed by atoms with Gasteiger partial charge in [-0.1, -0.05) is 30.3 Å². The van der Waals surface area contributed by atoms with E-state index in [0.717, 1.165) is 15.8 Å². The smallest absolute Gasteiger partial charge is 0.307 e. The lowest BCUT2D eigenvalue weighted by atomic mass is 9.96. The van der Waals surface area contributed by atoms with Crippen molar-refractivity contribution in [2.24, 2.45) is 5.92 Å². The number of carboxylic acid groups (broad SMARTS) is 1. The second-order valence-electron chi connectivity index (χ2n) is 5.51. The molecule has 0 saturated heterocycles. The number of aliphatic carboxylic acids is 1. The van der Waals surface area contributed by atoms with Crippen molar-refractivity contribution in [1.82, 2.24) is 4.98 Å². The van der Waals surface area contributed by atoms with Gasteiger partial charge in [0.1, 0.15) is 0 Å². The molecule has 0 fully saturated rings. The molecule has 0 spiro atoms. The topological polar surface area (TPSA) is 79.3 Å². The summed E-state index contributed by atoms with van der Waals surface area (Å²) in [7, 11) is 0. The Balaban J connectivity index is 1.65. The molecule has 0 radical (unpaired) electrons. The third kappa shape index (κ3) is 3.97. The highest BCUT2D eigenvalue weighted by Crippen LogP contribution is 2.22. The molecule has 3 aromatic rings. The van der Waals surface area contributed by atoms with Crippen LogP contribution in [0.3, 0.4) is 0 Å². The van der Waals surface area contributed by atoms with E-state index in [1.807, 2.05) is 36.4 Å². The number of hydrogen-bond donors (Lipinski definition) is 2. The number of aromatic nitrogens is 1. The lowest BCUT2D eigenvalue weighted by Gasteiger charge is -2.12. The Morgan fingerprint density at radius 3 is 2.71 bits per heavy atom. The van der Waals surface area contributed by atoms with Gasteiger partial charge in [0.2, 0.25) is 5.91 Å². The van der Waals surface area contributed by atoms with Crippen LogP contribution >= 0.6 is 11.3 Å². The van der Waals surface area contributed by atoms with Gasteiger partial charge in [-0.2, -0.15) is 0 Å². The highest BCUT2D eigenvalue weighted by atomic mass is 32.1. The number of fused-ring (bicyclic) bond motifs is 1. The highest BCUT2D eigenvalue weighted by molar-refractivity contribution is 7.16. The van der Waals surface area contributed by atoms with E-state index in [1.54, 1.807) is 17.6 Å². The number of carboxylic acids is 1. The largest absolute Gasteiger partial charge is 0.481 e. The average molecular weight is 340 g/mol. The first-order valence-corrected chi connectivity index (χ1v) is 8.39. The monoisotopic (exact) mass is 340 g/mol. The van der Waals surface area contributed by atoms with Gasteiger partial charge >= 0.3 is 5.97 Å². The Bertz CT molecular complexity index is 861. The zero-order valence-electron chi connectivity index (χ0n) is 12.8. The Labute approximate surface area is 143 Å². The van der Waals surface area contributed by atoms with E-state index in [0.29, 0.717) is 12.1 Å². The van der Waals surface area contributed by atoms with Crippen LogP contribution in [0.15, 0.2) is 54.0 Å². The summed E-state index contributed by atoms with van der Waals surface area (Å²) in [5, 5.41) is 12.1. The maximum atomic E-state index is 12.2. The van der Waals surface area contributed by atoms with Gasteiger partial charge in [-0.3, -0.25) is 9.59 Å². The van der Waals surface area contributed by atoms with E-state index in [2.05, 4.69) is 10.3 Å². The van der Waals surface area contributed by atoms with Crippen molar-refractivity contribution in [2.45, 2.75) is 12.8 Å². The molecule has 1 amide bonds. The lowest BCUT2D eigenvalue weighted by molar-refractivity contribution is -0.143. The van der Waals surface area contributed by atoms with E-state index in [1.165, 1.54) is 11.3 Å². The van der Waals surface area contributed by atoms with Crippen LogP contribution in [0.25, 0.3) is 10.2 Å². The number of nitrogens with one attached hydrogen (secondary N) is 1. The standard InChI is InChI=1S/C18H16N2O3S/c21-17(20-14-6-7-16-15(10-14)19-11-24-16)9-13(18(22)23)8-12-4-2-1-3-5-12/h1-7,10-11,13H,8-9H2,(H,20,21)(H,22,23). The maximum absolute atomic E-state index is 12.2. The summed E-state index contributed by atoms with van der Waals surface area (Å²) in [6, 6.07) is 14.8. The van der Waals surface area contributed by atoms with E-state index in [4.69, 9.17) is 0 Å². The molecule has 1 heterocycles. The minimum atomic E-state index is -0.969. The van der Waals surface area contributed by atoms with Gasteiger partial charge in [0, 0.05) is 12.1 Å². The van der Waals surface area contributed by atoms with Gasteiger partial charge < -0.3 is 10.4 Å². The molecule has 0 aliphatic rings. The number of rotatable bonds is 6. The number of benzene rings is 2. The molecule has 1 atom stereocenters. The van der Waals surface area contributed by atoms with Crippen molar-refractivity contribution >= 4 is 39.1 Å². The quantitative estimate of drug-likeness (QED) is 0.719. The molecule has 1 aromatic heterocycles. The number of nitrogens with zero attached hydrogens (tertiary/aromatic N) is 1. The molecular formula is C18H16N2O3S. The van der Waals surface area contributed by atoms with E-state index in [-0.39, 0.29) is 12.3 Å². The normalized spacial score (nSPS) is 12.0. The number of amides is 1. The molecule has 0 saturated carbocycles. The van der Waals surface area contributed by atoms with Crippen molar-refractivity contribution in [3.05, 3.63) is 59.6 Å². The summed E-state index contributed by atoms with van der Waals surface area (Å²) in [5.74, 6) is -2.03. The summed E-state index contributed by atoms with van der Waals surface area (Å²) in [4.78, 5) is 27.8. The molecule has 0 aliphatic heterocycles. The van der Waals surface area contributed by atoms with Crippen LogP contribution < -0.4 is 5.32 Å². The first-order chi connectivity index (χ1) is 11.6. The van der Waals surface area contributed by atoms with Crippen molar-refractivity contribution in [2.75, 3.05) is 5.32 Å². The van der Waals surface area contributed by atoms with Gasteiger partial charge in [0.25, 0.3) is 0 Å². The molecule has 2 N–H and O–H groups in total. The van der Waals surface area contributed by atoms with Crippen LogP contribution in [0.1, 0.15) is 12.0 Å². The molecule has 3 rings (SSSR count). The fourth-order valence-electron chi connectivity index (χ4n) is 2.52. The van der Waals surface area contributed by atoms with E-state index >= 15 is 0 Å². The number of carbonyl (C=O) groups excluding carboxylic acids is 1. The molecule has 0 aliphatic carbocycles. The van der Waals surface area contributed by atoms with Crippen LogP contribution in [-0.2, 0) is 16.0 Å². The Morgan fingerprint density at radius 2 is 1.96 bits per heavy atom. The van der Waals surface area contributed by atoms with Gasteiger partial charge in [0.05, 0.1) is 21.6 Å². The lowest BCUT2D eigenvalue weighted by Crippen LogP contribution is -2.24. The fraction of sp³-hybridized carbons (Fsp3) is 0.167. The molecule has 0 bridgehead atoms. The fourth-order valence-corrected chi connectivity index (χ4v) is 3.18. The number of hydrogen-bond acceptors (Lipinski definition) is 4. The van der Waals surface area contributed by atoms with Crippen LogP contribution in [0.2, 0.25) is 0 Å². The SMILES string of the molecule is O=C(CC(Cc1ccccc1)C(=O)O)Nc1ccc2scnc2c1. The van der Waals surface area contributed by atoms with Crippen LogP contribution in [-0.4, -0.2) is 22.0 Å². The van der Waals surface area contributed by atoms with Gasteiger partial charge in [0.15, 0.2) is 0 Å². The minimum absolute atomic E-state index is 0.0701. The van der Waals surface area contributed by atoms with Gasteiger partial charge in [-0.15, -0.1) is 11.3 Å². The van der Waals surface area contributed by atoms with E-state index < -0.39 is 11.9 Å². The molecule has 24 heavy (non-hydrogen) atoms. The van der Waals surface area contributed by atoms with Gasteiger partial charge in [-0.25, -0.2) is 4.98 Å². The second-order valence-corrected chi connectivity index (χ2v) is 6.40. The van der Waals surface area contributed by atoms with Crippen LogP contribution in [0.4, 0.5) is 5.69 Å². The minimum Gasteiger partial charge on any atom is -0.481 e. The Kier molecular flexibility index (Phi) is 4.86. The molecule has 6 heteroatoms. The van der Waals surface area contributed by atoms with Crippen molar-refractivity contribution in [1.29, 1.82) is 0 Å².